The van der Waals surface area contributed by atoms with Crippen molar-refractivity contribution >= 4 is 17.7 Å². The average molecular weight is 269 g/mol. The molecule has 0 spiro atoms. The van der Waals surface area contributed by atoms with E-state index in [0.29, 0.717) is 13.0 Å². The monoisotopic (exact) mass is 269 g/mol. The number of carbonyl (C=O) groups excluding carboxylic acids is 1. The van der Waals surface area contributed by atoms with Gasteiger partial charge in [-0.05, 0) is 12.8 Å². The number of unbranched alkanes of at least 4 members (excludes halogenated alkanes) is 1. The molecule has 5 nitrogen and oxygen atoms in total. The van der Waals surface area contributed by atoms with Crippen molar-refractivity contribution in [3.8, 4) is 0 Å². The van der Waals surface area contributed by atoms with Gasteiger partial charge < -0.3 is 14.6 Å². The summed E-state index contributed by atoms with van der Waals surface area (Å²) in [4.78, 5) is 17.6. The second kappa shape index (κ2) is 6.80. The van der Waals surface area contributed by atoms with Gasteiger partial charge in [0.15, 0.2) is 0 Å². The number of aryl methyl sites for hydroxylation is 1. The Labute approximate surface area is 111 Å². The van der Waals surface area contributed by atoms with Crippen molar-refractivity contribution in [2.24, 2.45) is 0 Å². The van der Waals surface area contributed by atoms with Gasteiger partial charge >= 0.3 is 0 Å². The molecule has 0 radical (unpaired) electrons. The van der Waals surface area contributed by atoms with Crippen LogP contribution in [0.5, 0.6) is 0 Å². The van der Waals surface area contributed by atoms with E-state index in [9.17, 15) is 9.90 Å². The Morgan fingerprint density at radius 3 is 3.11 bits per heavy atom. The van der Waals surface area contributed by atoms with Gasteiger partial charge in [-0.25, -0.2) is 4.98 Å². The Bertz CT molecular complexity index is 369. The van der Waals surface area contributed by atoms with Crippen LogP contribution in [-0.2, 0) is 11.3 Å². The van der Waals surface area contributed by atoms with E-state index in [4.69, 9.17) is 0 Å². The molecular formula is C12H19N3O2S. The van der Waals surface area contributed by atoms with Gasteiger partial charge in [0.1, 0.15) is 5.44 Å². The lowest BCUT2D eigenvalue weighted by atomic mass is 10.2. The molecule has 2 rings (SSSR count). The maximum atomic E-state index is 11.9. The molecule has 6 heteroatoms. The highest BCUT2D eigenvalue weighted by molar-refractivity contribution is 7.99. The van der Waals surface area contributed by atoms with Crippen molar-refractivity contribution in [2.75, 3.05) is 18.8 Å². The molecule has 1 atom stereocenters. The number of aliphatic hydroxyl groups is 1. The van der Waals surface area contributed by atoms with Crippen LogP contribution in [-0.4, -0.2) is 49.7 Å². The molecule has 1 aliphatic heterocycles. The van der Waals surface area contributed by atoms with Crippen LogP contribution in [0.1, 0.15) is 19.3 Å². The van der Waals surface area contributed by atoms with Gasteiger partial charge in [0, 0.05) is 37.7 Å². The number of hydrogen-bond acceptors (Lipinski definition) is 4. The molecular weight excluding hydrogens is 250 g/mol. The minimum Gasteiger partial charge on any atom is -0.381 e. The molecule has 1 fully saturated rings. The van der Waals surface area contributed by atoms with E-state index in [1.54, 1.807) is 17.4 Å². The quantitative estimate of drug-likeness (QED) is 0.809. The Morgan fingerprint density at radius 1 is 1.50 bits per heavy atom. The molecule has 2 heterocycles. The number of aromatic nitrogens is 2. The Kier molecular flexibility index (Phi) is 5.07. The first-order valence-electron chi connectivity index (χ1n) is 6.29. The van der Waals surface area contributed by atoms with E-state index in [-0.39, 0.29) is 5.91 Å². The first kappa shape index (κ1) is 13.4. The van der Waals surface area contributed by atoms with E-state index in [0.717, 1.165) is 31.7 Å². The summed E-state index contributed by atoms with van der Waals surface area (Å²) in [5.41, 5.74) is -0.409. The van der Waals surface area contributed by atoms with E-state index >= 15 is 0 Å². The smallest absolute Gasteiger partial charge is 0.222 e. The minimum atomic E-state index is -0.409. The highest BCUT2D eigenvalue weighted by Crippen LogP contribution is 2.17. The van der Waals surface area contributed by atoms with E-state index < -0.39 is 5.44 Å². The Morgan fingerprint density at radius 2 is 2.39 bits per heavy atom. The van der Waals surface area contributed by atoms with Crippen molar-refractivity contribution in [1.82, 2.24) is 14.5 Å². The van der Waals surface area contributed by atoms with Crippen molar-refractivity contribution in [1.29, 1.82) is 0 Å². The Balaban J connectivity index is 1.62. The highest BCUT2D eigenvalue weighted by atomic mass is 32.2. The van der Waals surface area contributed by atoms with Crippen molar-refractivity contribution in [2.45, 2.75) is 31.2 Å². The number of aliphatic hydroxyl groups excluding tert-OH is 1. The molecule has 1 aliphatic rings. The molecule has 18 heavy (non-hydrogen) atoms. The fourth-order valence-electron chi connectivity index (χ4n) is 2.01. The van der Waals surface area contributed by atoms with Gasteiger partial charge in [0.25, 0.3) is 0 Å². The maximum absolute atomic E-state index is 11.9. The van der Waals surface area contributed by atoms with Crippen LogP contribution in [0.3, 0.4) is 0 Å². The topological polar surface area (TPSA) is 58.4 Å². The molecule has 1 saturated heterocycles. The molecule has 100 valence electrons. The number of nitrogens with zero attached hydrogens (tertiary/aromatic N) is 3. The number of imidazole rings is 1. The lowest BCUT2D eigenvalue weighted by Gasteiger charge is -2.29. The summed E-state index contributed by atoms with van der Waals surface area (Å²) < 4.78 is 2.02. The molecule has 1 amide bonds. The second-order valence-electron chi connectivity index (χ2n) is 4.42. The van der Waals surface area contributed by atoms with Gasteiger partial charge in [0.2, 0.25) is 5.91 Å². The third-order valence-electron chi connectivity index (χ3n) is 3.02. The summed E-state index contributed by atoms with van der Waals surface area (Å²) in [6.45, 7) is 2.15. The Hall–Kier alpha value is -1.01. The van der Waals surface area contributed by atoms with Gasteiger partial charge in [-0.15, -0.1) is 11.8 Å². The number of thioether (sulfide) groups is 1. The van der Waals surface area contributed by atoms with Gasteiger partial charge in [0.05, 0.1) is 12.9 Å². The summed E-state index contributed by atoms with van der Waals surface area (Å²) >= 11 is 1.52. The van der Waals surface area contributed by atoms with Crippen LogP contribution < -0.4 is 0 Å². The fraction of sp³-hybridized carbons (Fsp3) is 0.667. The average Bonchev–Trinajstić information content (AvgIpc) is 2.87. The van der Waals surface area contributed by atoms with Gasteiger partial charge in [-0.2, -0.15) is 0 Å². The zero-order chi connectivity index (χ0) is 12.8. The maximum Gasteiger partial charge on any atom is 0.222 e. The van der Waals surface area contributed by atoms with Gasteiger partial charge in [-0.1, -0.05) is 0 Å². The number of β-amino-alcohol motifs (C(OH)–C–C–N with tert-alkyl or cyclic N) is 1. The van der Waals surface area contributed by atoms with Crippen LogP contribution >= 0.6 is 11.8 Å². The number of rotatable bonds is 5. The van der Waals surface area contributed by atoms with Crippen molar-refractivity contribution < 1.29 is 9.90 Å². The van der Waals surface area contributed by atoms with Crippen LogP contribution in [0, 0.1) is 0 Å². The van der Waals surface area contributed by atoms with E-state index in [2.05, 4.69) is 4.98 Å². The number of hydrogen-bond donors (Lipinski definition) is 1. The third kappa shape index (κ3) is 4.03. The zero-order valence-corrected chi connectivity index (χ0v) is 11.2. The van der Waals surface area contributed by atoms with Crippen molar-refractivity contribution in [3.63, 3.8) is 0 Å². The summed E-state index contributed by atoms with van der Waals surface area (Å²) in [5.74, 6) is 1.00. The highest BCUT2D eigenvalue weighted by Gasteiger charge is 2.21. The van der Waals surface area contributed by atoms with Crippen LogP contribution in [0.2, 0.25) is 0 Å². The molecule has 1 N–H and O–H groups in total. The molecule has 0 aliphatic carbocycles. The molecule has 0 saturated carbocycles. The summed E-state index contributed by atoms with van der Waals surface area (Å²) in [7, 11) is 0. The van der Waals surface area contributed by atoms with Gasteiger partial charge in [-0.3, -0.25) is 4.79 Å². The lowest BCUT2D eigenvalue weighted by Crippen LogP contribution is -2.41. The van der Waals surface area contributed by atoms with E-state index in [1.165, 1.54) is 11.8 Å². The molecule has 1 aromatic rings. The third-order valence-corrected chi connectivity index (χ3v) is 3.97. The minimum absolute atomic E-state index is 0.167. The number of amides is 1. The second-order valence-corrected chi connectivity index (χ2v) is 5.71. The van der Waals surface area contributed by atoms with Crippen LogP contribution in [0.15, 0.2) is 18.7 Å². The normalized spacial score (nSPS) is 20.1. The first-order valence-corrected chi connectivity index (χ1v) is 7.34. The summed E-state index contributed by atoms with van der Waals surface area (Å²) in [6, 6.07) is 0. The predicted molar refractivity (Wildman–Crippen MR) is 71.1 cm³/mol. The van der Waals surface area contributed by atoms with Crippen molar-refractivity contribution in [3.05, 3.63) is 18.7 Å². The predicted octanol–water partition coefficient (Wildman–Crippen LogP) is 0.947. The molecule has 0 bridgehead atoms. The SMILES string of the molecule is O=C(CCCCn1ccnc1)N1CCSC(O)C1. The van der Waals surface area contributed by atoms with Crippen LogP contribution in [0.4, 0.5) is 0 Å². The fourth-order valence-corrected chi connectivity index (χ4v) is 2.89. The molecule has 1 aromatic heterocycles. The standard InChI is InChI=1S/C12H19N3O2S/c16-11(15-7-8-18-12(17)9-15)3-1-2-5-14-6-4-13-10-14/h4,6,10,12,17H,1-3,5,7-9H2. The first-order chi connectivity index (χ1) is 8.75. The summed E-state index contributed by atoms with van der Waals surface area (Å²) in [5, 5.41) is 9.48. The molecule has 1 unspecified atom stereocenters. The lowest BCUT2D eigenvalue weighted by molar-refractivity contribution is -0.132. The zero-order valence-electron chi connectivity index (χ0n) is 10.4. The van der Waals surface area contributed by atoms with Crippen LogP contribution in [0.25, 0.3) is 0 Å². The number of carbonyl (C=O) groups is 1. The molecule has 0 aromatic carbocycles. The summed E-state index contributed by atoms with van der Waals surface area (Å²) in [6.07, 6.45) is 7.92. The largest absolute Gasteiger partial charge is 0.381 e. The van der Waals surface area contributed by atoms with E-state index in [1.807, 2.05) is 10.8 Å².